The molecule has 0 aliphatic heterocycles. The van der Waals surface area contributed by atoms with Crippen molar-refractivity contribution >= 4 is 38.9 Å². The number of anilines is 3. The highest BCUT2D eigenvalue weighted by Gasteiger charge is 2.19. The van der Waals surface area contributed by atoms with Crippen LogP contribution in [-0.4, -0.2) is 4.57 Å². The lowest BCUT2D eigenvalue weighted by atomic mass is 9.94. The van der Waals surface area contributed by atoms with Crippen molar-refractivity contribution in [3.8, 4) is 61.3 Å². The van der Waals surface area contributed by atoms with Gasteiger partial charge in [0.25, 0.3) is 0 Å². The maximum Gasteiger partial charge on any atom is 0.0547 e. The fourth-order valence-electron chi connectivity index (χ4n) is 9.02. The molecule has 10 aromatic carbocycles. The molecule has 2 nitrogen and oxygen atoms in total. The van der Waals surface area contributed by atoms with Gasteiger partial charge in [-0.2, -0.15) is 0 Å². The molecule has 11 rings (SSSR count). The summed E-state index contributed by atoms with van der Waals surface area (Å²) in [5, 5.41) is 2.48. The number of nitrogens with zero attached hydrogens (tertiary/aromatic N) is 2. The number of fused-ring (bicyclic) bond motifs is 3. The van der Waals surface area contributed by atoms with Crippen molar-refractivity contribution in [2.24, 2.45) is 0 Å². The standard InChI is InChI=1S/C60H42N2/c1-5-17-43(18-6-1)44-33-36-51(37-34-44)61(50-23-11-4-12-24-50)58-27-15-13-25-54(58)48-31-29-45(30-32-48)49-35-39-56-55-26-14-16-28-59(55)62(60(56)41-49)52-38-40-53(46-19-7-2-8-20-46)57(42-52)47-21-9-3-10-22-47/h1-42H. The molecular weight excluding hydrogens is 749 g/mol. The first kappa shape index (κ1) is 36.8. The van der Waals surface area contributed by atoms with E-state index in [1.165, 1.54) is 71.9 Å². The summed E-state index contributed by atoms with van der Waals surface area (Å²) in [7, 11) is 0. The molecule has 1 heterocycles. The summed E-state index contributed by atoms with van der Waals surface area (Å²) in [6, 6.07) is 92.0. The molecule has 0 N–H and O–H groups in total. The van der Waals surface area contributed by atoms with Gasteiger partial charge >= 0.3 is 0 Å². The highest BCUT2D eigenvalue weighted by molar-refractivity contribution is 6.10. The van der Waals surface area contributed by atoms with Gasteiger partial charge in [0.1, 0.15) is 0 Å². The topological polar surface area (TPSA) is 8.17 Å². The fourth-order valence-corrected chi connectivity index (χ4v) is 9.02. The third-order valence-electron chi connectivity index (χ3n) is 12.0. The molecule has 62 heavy (non-hydrogen) atoms. The molecule has 11 aromatic rings. The lowest BCUT2D eigenvalue weighted by Crippen LogP contribution is -2.11. The smallest absolute Gasteiger partial charge is 0.0547 e. The Hall–Kier alpha value is -8.20. The third-order valence-corrected chi connectivity index (χ3v) is 12.0. The summed E-state index contributed by atoms with van der Waals surface area (Å²) < 4.78 is 2.44. The minimum atomic E-state index is 1.11. The van der Waals surface area contributed by atoms with E-state index in [0.29, 0.717) is 0 Å². The number of hydrogen-bond acceptors (Lipinski definition) is 1. The molecule has 2 heteroatoms. The maximum absolute atomic E-state index is 2.44. The number of benzene rings is 10. The van der Waals surface area contributed by atoms with Gasteiger partial charge < -0.3 is 9.47 Å². The molecule has 292 valence electrons. The van der Waals surface area contributed by atoms with Crippen LogP contribution in [0.4, 0.5) is 17.1 Å². The highest BCUT2D eigenvalue weighted by atomic mass is 15.1. The molecule has 0 bridgehead atoms. The molecule has 0 unspecified atom stereocenters. The summed E-state index contributed by atoms with van der Waals surface area (Å²) in [6.07, 6.45) is 0. The molecule has 0 aliphatic carbocycles. The minimum Gasteiger partial charge on any atom is -0.310 e. The van der Waals surface area contributed by atoms with Crippen LogP contribution in [0.5, 0.6) is 0 Å². The van der Waals surface area contributed by atoms with Gasteiger partial charge in [-0.15, -0.1) is 0 Å². The van der Waals surface area contributed by atoms with Crippen LogP contribution in [-0.2, 0) is 0 Å². The summed E-state index contributed by atoms with van der Waals surface area (Å²) in [5.41, 5.74) is 18.8. The molecule has 0 aliphatic rings. The Labute approximate surface area is 362 Å². The molecule has 0 atom stereocenters. The Morgan fingerprint density at radius 1 is 0.258 bits per heavy atom. The molecule has 0 amide bonds. The Morgan fingerprint density at radius 3 is 1.44 bits per heavy atom. The van der Waals surface area contributed by atoms with Crippen molar-refractivity contribution in [1.29, 1.82) is 0 Å². The maximum atomic E-state index is 2.44. The van der Waals surface area contributed by atoms with Gasteiger partial charge in [0.05, 0.1) is 16.7 Å². The van der Waals surface area contributed by atoms with Gasteiger partial charge in [0.15, 0.2) is 0 Å². The van der Waals surface area contributed by atoms with Crippen molar-refractivity contribution in [3.63, 3.8) is 0 Å². The Bertz CT molecular complexity index is 3300. The average molecular weight is 791 g/mol. The molecule has 0 fully saturated rings. The molecular formula is C60H42N2. The second-order valence-electron chi connectivity index (χ2n) is 15.7. The van der Waals surface area contributed by atoms with Gasteiger partial charge in [-0.1, -0.05) is 200 Å². The van der Waals surface area contributed by atoms with Crippen LogP contribution in [0.1, 0.15) is 0 Å². The van der Waals surface area contributed by atoms with Crippen molar-refractivity contribution in [2.45, 2.75) is 0 Å². The zero-order valence-electron chi connectivity index (χ0n) is 34.1. The van der Waals surface area contributed by atoms with E-state index in [4.69, 9.17) is 0 Å². The van der Waals surface area contributed by atoms with Crippen LogP contribution in [0.2, 0.25) is 0 Å². The summed E-state index contributed by atoms with van der Waals surface area (Å²) in [5.74, 6) is 0. The lowest BCUT2D eigenvalue weighted by molar-refractivity contribution is 1.18. The van der Waals surface area contributed by atoms with E-state index in [9.17, 15) is 0 Å². The Kier molecular flexibility index (Phi) is 9.57. The van der Waals surface area contributed by atoms with Crippen molar-refractivity contribution in [3.05, 3.63) is 255 Å². The summed E-state index contributed by atoms with van der Waals surface area (Å²) >= 11 is 0. The SMILES string of the molecule is c1ccc(-c2ccc(N(c3ccccc3)c3ccccc3-c3ccc(-c4ccc5c6ccccc6n(-c6ccc(-c7ccccc7)c(-c7ccccc7)c6)c5c4)cc3)cc2)cc1. The first-order valence-corrected chi connectivity index (χ1v) is 21.3. The predicted octanol–water partition coefficient (Wildman–Crippen LogP) is 16.6. The van der Waals surface area contributed by atoms with Crippen molar-refractivity contribution < 1.29 is 0 Å². The lowest BCUT2D eigenvalue weighted by Gasteiger charge is -2.28. The highest BCUT2D eigenvalue weighted by Crippen LogP contribution is 2.43. The van der Waals surface area contributed by atoms with Crippen molar-refractivity contribution in [1.82, 2.24) is 4.57 Å². The number of hydrogen-bond donors (Lipinski definition) is 0. The summed E-state index contributed by atoms with van der Waals surface area (Å²) in [4.78, 5) is 2.36. The Morgan fingerprint density at radius 2 is 0.726 bits per heavy atom. The molecule has 0 saturated carbocycles. The molecule has 0 spiro atoms. The minimum absolute atomic E-state index is 1.11. The van der Waals surface area contributed by atoms with Gasteiger partial charge in [-0.3, -0.25) is 0 Å². The van der Waals surface area contributed by atoms with Crippen LogP contribution in [0.15, 0.2) is 255 Å². The largest absolute Gasteiger partial charge is 0.310 e. The zero-order valence-corrected chi connectivity index (χ0v) is 34.1. The third kappa shape index (κ3) is 6.84. The summed E-state index contributed by atoms with van der Waals surface area (Å²) in [6.45, 7) is 0. The molecule has 1 aromatic heterocycles. The zero-order chi connectivity index (χ0) is 41.2. The normalized spacial score (nSPS) is 11.2. The van der Waals surface area contributed by atoms with Gasteiger partial charge in [0, 0.05) is 33.4 Å². The number of rotatable bonds is 9. The van der Waals surface area contributed by atoms with Gasteiger partial charge in [0.2, 0.25) is 0 Å². The van der Waals surface area contributed by atoms with E-state index in [1.54, 1.807) is 0 Å². The molecule has 0 saturated heterocycles. The monoisotopic (exact) mass is 790 g/mol. The van der Waals surface area contributed by atoms with Crippen LogP contribution in [0, 0.1) is 0 Å². The Balaban J connectivity index is 0.988. The van der Waals surface area contributed by atoms with Gasteiger partial charge in [-0.05, 0) is 105 Å². The number of aromatic nitrogens is 1. The van der Waals surface area contributed by atoms with Gasteiger partial charge in [-0.25, -0.2) is 0 Å². The van der Waals surface area contributed by atoms with E-state index in [0.717, 1.165) is 28.3 Å². The van der Waals surface area contributed by atoms with Crippen LogP contribution < -0.4 is 4.90 Å². The average Bonchev–Trinajstić information content (AvgIpc) is 3.69. The molecule has 0 radical (unpaired) electrons. The van der Waals surface area contributed by atoms with E-state index in [-0.39, 0.29) is 0 Å². The fraction of sp³-hybridized carbons (Fsp3) is 0. The number of para-hydroxylation sites is 3. The first-order chi connectivity index (χ1) is 30.8. The van der Waals surface area contributed by atoms with Crippen LogP contribution >= 0.6 is 0 Å². The second kappa shape index (κ2) is 16.1. The van der Waals surface area contributed by atoms with E-state index in [1.807, 2.05) is 0 Å². The second-order valence-corrected chi connectivity index (χ2v) is 15.7. The van der Waals surface area contributed by atoms with Crippen LogP contribution in [0.3, 0.4) is 0 Å². The van der Waals surface area contributed by atoms with E-state index >= 15 is 0 Å². The van der Waals surface area contributed by atoms with Crippen LogP contribution in [0.25, 0.3) is 83.1 Å². The van der Waals surface area contributed by atoms with E-state index in [2.05, 4.69) is 264 Å². The predicted molar refractivity (Wildman–Crippen MR) is 263 cm³/mol. The van der Waals surface area contributed by atoms with E-state index < -0.39 is 0 Å². The first-order valence-electron chi connectivity index (χ1n) is 21.3. The quantitative estimate of drug-likeness (QED) is 0.141. The van der Waals surface area contributed by atoms with Crippen molar-refractivity contribution in [2.75, 3.05) is 4.90 Å².